The monoisotopic (exact) mass is 442 g/mol. The number of para-hydroxylation sites is 1. The van der Waals surface area contributed by atoms with E-state index in [-0.39, 0.29) is 0 Å². The molecule has 0 fully saturated rings. The van der Waals surface area contributed by atoms with Crippen molar-refractivity contribution in [2.75, 3.05) is 0 Å². The van der Waals surface area contributed by atoms with E-state index in [9.17, 15) is 8.42 Å². The van der Waals surface area contributed by atoms with Gasteiger partial charge in [0.2, 0.25) is 10.0 Å². The van der Waals surface area contributed by atoms with Gasteiger partial charge >= 0.3 is 0 Å². The number of rotatable bonds is 3. The summed E-state index contributed by atoms with van der Waals surface area (Å²) in [6.07, 6.45) is 2.02. The molecule has 162 valence electrons. The standard InChI is InChI=1S/C27H26N2O2S/c1-19-10-13-22(14-11-19)27-26-9-6-16-28(26)25-8-5-4-7-23(25)18-29(27)32(30,31)24-15-12-20(2)21(3)17-24/h4-17,27H,18H2,1-3H3/t27-/m1/s1. The number of benzene rings is 3. The molecule has 0 unspecified atom stereocenters. The third-order valence-electron chi connectivity index (χ3n) is 6.40. The first-order valence-electron chi connectivity index (χ1n) is 10.8. The first kappa shape index (κ1) is 20.7. The van der Waals surface area contributed by atoms with Gasteiger partial charge in [-0.1, -0.05) is 54.1 Å². The Morgan fingerprint density at radius 1 is 0.812 bits per heavy atom. The van der Waals surface area contributed by atoms with E-state index in [4.69, 9.17) is 0 Å². The Balaban J connectivity index is 1.77. The molecular weight excluding hydrogens is 416 g/mol. The van der Waals surface area contributed by atoms with Gasteiger partial charge in [0.05, 0.1) is 10.9 Å². The maximum atomic E-state index is 14.1. The molecule has 0 saturated heterocycles. The summed E-state index contributed by atoms with van der Waals surface area (Å²) >= 11 is 0. The first-order valence-corrected chi connectivity index (χ1v) is 12.2. The maximum Gasteiger partial charge on any atom is 0.244 e. The summed E-state index contributed by atoms with van der Waals surface area (Å²) in [4.78, 5) is 0.329. The summed E-state index contributed by atoms with van der Waals surface area (Å²) in [5.41, 5.74) is 7.08. The average molecular weight is 443 g/mol. The van der Waals surface area contributed by atoms with Crippen molar-refractivity contribution in [3.8, 4) is 5.69 Å². The second kappa shape index (κ2) is 7.76. The van der Waals surface area contributed by atoms with Crippen molar-refractivity contribution in [2.45, 2.75) is 38.3 Å². The largest absolute Gasteiger partial charge is 0.319 e. The normalized spacial score (nSPS) is 16.3. The number of nitrogens with zero attached hydrogens (tertiary/aromatic N) is 2. The van der Waals surface area contributed by atoms with Crippen LogP contribution in [0.2, 0.25) is 0 Å². The van der Waals surface area contributed by atoms with Crippen LogP contribution in [0.4, 0.5) is 0 Å². The molecule has 3 aromatic carbocycles. The Kier molecular flexibility index (Phi) is 5.03. The highest BCUT2D eigenvalue weighted by Crippen LogP contribution is 2.40. The molecule has 0 bridgehead atoms. The van der Waals surface area contributed by atoms with Crippen LogP contribution in [0.3, 0.4) is 0 Å². The second-order valence-electron chi connectivity index (χ2n) is 8.54. The van der Waals surface area contributed by atoms with Crippen LogP contribution in [0.25, 0.3) is 5.69 Å². The zero-order chi connectivity index (χ0) is 22.5. The maximum absolute atomic E-state index is 14.1. The molecule has 1 aliphatic rings. The molecule has 2 heterocycles. The highest BCUT2D eigenvalue weighted by atomic mass is 32.2. The molecule has 5 rings (SSSR count). The Morgan fingerprint density at radius 2 is 1.56 bits per heavy atom. The summed E-state index contributed by atoms with van der Waals surface area (Å²) < 4.78 is 32.0. The van der Waals surface area contributed by atoms with Crippen LogP contribution in [0, 0.1) is 20.8 Å². The summed E-state index contributed by atoms with van der Waals surface area (Å²) in [5.74, 6) is 0. The Labute approximate surface area is 189 Å². The van der Waals surface area contributed by atoms with Gasteiger partial charge in [0.25, 0.3) is 0 Å². The quantitative estimate of drug-likeness (QED) is 0.409. The van der Waals surface area contributed by atoms with E-state index in [2.05, 4.69) is 10.6 Å². The lowest BCUT2D eigenvalue weighted by Crippen LogP contribution is -2.34. The van der Waals surface area contributed by atoms with Gasteiger partial charge in [0.1, 0.15) is 0 Å². The fourth-order valence-corrected chi connectivity index (χ4v) is 6.09. The summed E-state index contributed by atoms with van der Waals surface area (Å²) in [6, 6.07) is 25.2. The van der Waals surface area contributed by atoms with E-state index >= 15 is 0 Å². The first-order chi connectivity index (χ1) is 15.4. The molecule has 32 heavy (non-hydrogen) atoms. The van der Waals surface area contributed by atoms with E-state index in [1.807, 2.05) is 87.6 Å². The fraction of sp³-hybridized carbons (Fsp3) is 0.185. The van der Waals surface area contributed by atoms with Gasteiger partial charge in [-0.25, -0.2) is 8.42 Å². The minimum Gasteiger partial charge on any atom is -0.319 e. The van der Waals surface area contributed by atoms with Gasteiger partial charge in [0.15, 0.2) is 0 Å². The molecule has 0 aliphatic carbocycles. The van der Waals surface area contributed by atoms with E-state index in [0.29, 0.717) is 11.4 Å². The Hall–Kier alpha value is -3.15. The zero-order valence-corrected chi connectivity index (χ0v) is 19.3. The zero-order valence-electron chi connectivity index (χ0n) is 18.5. The van der Waals surface area contributed by atoms with Gasteiger partial charge in [0, 0.05) is 24.1 Å². The van der Waals surface area contributed by atoms with E-state index in [0.717, 1.165) is 39.2 Å². The van der Waals surface area contributed by atoms with Crippen molar-refractivity contribution >= 4 is 10.0 Å². The molecule has 4 aromatic rings. The van der Waals surface area contributed by atoms with Crippen LogP contribution in [0.5, 0.6) is 0 Å². The smallest absolute Gasteiger partial charge is 0.244 e. The number of fused-ring (bicyclic) bond motifs is 3. The van der Waals surface area contributed by atoms with Crippen molar-refractivity contribution in [3.05, 3.63) is 119 Å². The van der Waals surface area contributed by atoms with Crippen LogP contribution < -0.4 is 0 Å². The minimum atomic E-state index is -3.78. The Bertz CT molecular complexity index is 1400. The highest BCUT2D eigenvalue weighted by molar-refractivity contribution is 7.89. The SMILES string of the molecule is Cc1ccc([C@@H]2c3cccn3-c3ccccc3CN2S(=O)(=O)c2ccc(C)c(C)c2)cc1. The fourth-order valence-electron chi connectivity index (χ4n) is 4.44. The van der Waals surface area contributed by atoms with Crippen molar-refractivity contribution in [3.63, 3.8) is 0 Å². The van der Waals surface area contributed by atoms with Gasteiger partial charge in [-0.2, -0.15) is 4.31 Å². The lowest BCUT2D eigenvalue weighted by molar-refractivity contribution is 0.353. The van der Waals surface area contributed by atoms with Crippen LogP contribution in [-0.2, 0) is 16.6 Å². The topological polar surface area (TPSA) is 42.3 Å². The Morgan fingerprint density at radius 3 is 2.31 bits per heavy atom. The van der Waals surface area contributed by atoms with Crippen molar-refractivity contribution in [2.24, 2.45) is 0 Å². The predicted molar refractivity (Wildman–Crippen MR) is 127 cm³/mol. The van der Waals surface area contributed by atoms with E-state index in [1.165, 1.54) is 0 Å². The van der Waals surface area contributed by atoms with Crippen LogP contribution in [0.1, 0.15) is 39.6 Å². The van der Waals surface area contributed by atoms with Crippen LogP contribution in [0.15, 0.2) is 90.0 Å². The third kappa shape index (κ3) is 3.38. The lowest BCUT2D eigenvalue weighted by Gasteiger charge is -2.30. The van der Waals surface area contributed by atoms with Gasteiger partial charge in [-0.3, -0.25) is 0 Å². The highest BCUT2D eigenvalue weighted by Gasteiger charge is 2.38. The molecule has 0 spiro atoms. The van der Waals surface area contributed by atoms with Gasteiger partial charge < -0.3 is 4.57 Å². The summed E-state index contributed by atoms with van der Waals surface area (Å²) in [5, 5.41) is 0. The molecule has 4 nitrogen and oxygen atoms in total. The molecule has 0 N–H and O–H groups in total. The molecular formula is C27H26N2O2S. The second-order valence-corrected chi connectivity index (χ2v) is 10.4. The third-order valence-corrected chi connectivity index (χ3v) is 8.21. The number of hydrogen-bond acceptors (Lipinski definition) is 2. The molecule has 0 saturated carbocycles. The summed E-state index contributed by atoms with van der Waals surface area (Å²) in [7, 11) is -3.78. The average Bonchev–Trinajstić information content (AvgIpc) is 3.20. The van der Waals surface area contributed by atoms with Gasteiger partial charge in [-0.15, -0.1) is 0 Å². The van der Waals surface area contributed by atoms with E-state index < -0.39 is 16.1 Å². The molecule has 1 aromatic heterocycles. The molecule has 1 atom stereocenters. The van der Waals surface area contributed by atoms with E-state index in [1.54, 1.807) is 16.4 Å². The molecule has 0 amide bonds. The minimum absolute atomic E-state index is 0.297. The van der Waals surface area contributed by atoms with Crippen molar-refractivity contribution in [1.82, 2.24) is 8.87 Å². The lowest BCUT2D eigenvalue weighted by atomic mass is 10.0. The number of sulfonamides is 1. The molecule has 1 aliphatic heterocycles. The van der Waals surface area contributed by atoms with Gasteiger partial charge in [-0.05, 0) is 73.4 Å². The van der Waals surface area contributed by atoms with Crippen molar-refractivity contribution < 1.29 is 8.42 Å². The van der Waals surface area contributed by atoms with Crippen LogP contribution >= 0.6 is 0 Å². The van der Waals surface area contributed by atoms with Crippen LogP contribution in [-0.4, -0.2) is 17.3 Å². The molecule has 5 heteroatoms. The summed E-state index contributed by atoms with van der Waals surface area (Å²) in [6.45, 7) is 6.29. The number of aromatic nitrogens is 1. The number of hydrogen-bond donors (Lipinski definition) is 0. The number of aryl methyl sites for hydroxylation is 3. The molecule has 0 radical (unpaired) electrons. The predicted octanol–water partition coefficient (Wildman–Crippen LogP) is 5.70. The van der Waals surface area contributed by atoms with Crippen molar-refractivity contribution in [1.29, 1.82) is 0 Å².